The predicted molar refractivity (Wildman–Crippen MR) is 66.1 cm³/mol. The third-order valence-electron chi connectivity index (χ3n) is 2.06. The molecule has 0 atom stereocenters. The van der Waals surface area contributed by atoms with Crippen molar-refractivity contribution in [1.29, 1.82) is 0 Å². The molecule has 94 valence electrons. The molecule has 0 spiro atoms. The highest BCUT2D eigenvalue weighted by atomic mass is 127. The number of benzene rings is 1. The number of rotatable bonds is 5. The number of carbonyl (C=O) groups is 1. The van der Waals surface area contributed by atoms with E-state index in [0.717, 1.165) is 3.57 Å². The van der Waals surface area contributed by atoms with Crippen molar-refractivity contribution in [3.05, 3.63) is 27.3 Å². The molecular formula is C11H11F2IO3. The molecule has 0 aliphatic carbocycles. The van der Waals surface area contributed by atoms with Gasteiger partial charge in [-0.15, -0.1) is 0 Å². The van der Waals surface area contributed by atoms with Gasteiger partial charge in [0.1, 0.15) is 5.75 Å². The fourth-order valence-corrected chi connectivity index (χ4v) is 1.85. The summed E-state index contributed by atoms with van der Waals surface area (Å²) in [5.74, 6) is -0.281. The standard InChI is InChI=1S/C11H11F2IO3/c1-16-10(15)5-2-7-6-8(14)3-4-9(7)17-11(12)13/h3-4,6,11H,2,5H2,1H3. The van der Waals surface area contributed by atoms with Gasteiger partial charge in [0, 0.05) is 9.99 Å². The largest absolute Gasteiger partial charge is 0.469 e. The van der Waals surface area contributed by atoms with Gasteiger partial charge in [-0.25, -0.2) is 0 Å². The minimum absolute atomic E-state index is 0.101. The van der Waals surface area contributed by atoms with E-state index in [9.17, 15) is 13.6 Å². The molecule has 0 heterocycles. The number of esters is 1. The number of ether oxygens (including phenoxy) is 2. The molecule has 0 fully saturated rings. The number of hydrogen-bond donors (Lipinski definition) is 0. The third kappa shape index (κ3) is 4.84. The monoisotopic (exact) mass is 356 g/mol. The summed E-state index contributed by atoms with van der Waals surface area (Å²) in [6.07, 6.45) is 0.446. The third-order valence-corrected chi connectivity index (χ3v) is 2.74. The van der Waals surface area contributed by atoms with Gasteiger partial charge in [0.2, 0.25) is 0 Å². The topological polar surface area (TPSA) is 35.5 Å². The second kappa shape index (κ2) is 6.73. The van der Waals surface area contributed by atoms with E-state index in [2.05, 4.69) is 32.1 Å². The van der Waals surface area contributed by atoms with E-state index in [-0.39, 0.29) is 18.1 Å². The lowest BCUT2D eigenvalue weighted by Crippen LogP contribution is -2.07. The van der Waals surface area contributed by atoms with E-state index in [1.807, 2.05) is 0 Å². The normalized spacial score (nSPS) is 10.4. The molecule has 0 aliphatic heterocycles. The van der Waals surface area contributed by atoms with Crippen LogP contribution in [0.5, 0.6) is 5.75 Å². The van der Waals surface area contributed by atoms with E-state index >= 15 is 0 Å². The Hall–Kier alpha value is -0.920. The second-order valence-electron chi connectivity index (χ2n) is 3.21. The van der Waals surface area contributed by atoms with E-state index in [1.165, 1.54) is 13.2 Å². The molecule has 0 amide bonds. The van der Waals surface area contributed by atoms with Crippen molar-refractivity contribution in [2.75, 3.05) is 7.11 Å². The van der Waals surface area contributed by atoms with Crippen LogP contribution in [0, 0.1) is 3.57 Å². The number of carbonyl (C=O) groups excluding carboxylic acids is 1. The lowest BCUT2D eigenvalue weighted by molar-refractivity contribution is -0.140. The number of hydrogen-bond acceptors (Lipinski definition) is 3. The van der Waals surface area contributed by atoms with Crippen LogP contribution in [0.25, 0.3) is 0 Å². The van der Waals surface area contributed by atoms with Crippen molar-refractivity contribution in [1.82, 2.24) is 0 Å². The first-order chi connectivity index (χ1) is 8.02. The highest BCUT2D eigenvalue weighted by Crippen LogP contribution is 2.24. The molecule has 0 saturated heterocycles. The average Bonchev–Trinajstić information content (AvgIpc) is 2.28. The highest BCUT2D eigenvalue weighted by Gasteiger charge is 2.11. The number of methoxy groups -OCH3 is 1. The second-order valence-corrected chi connectivity index (χ2v) is 4.45. The Morgan fingerprint density at radius 3 is 2.76 bits per heavy atom. The van der Waals surface area contributed by atoms with Crippen molar-refractivity contribution in [3.8, 4) is 5.75 Å². The van der Waals surface area contributed by atoms with Gasteiger partial charge in [0.15, 0.2) is 0 Å². The Morgan fingerprint density at radius 2 is 2.18 bits per heavy atom. The fraction of sp³-hybridized carbons (Fsp3) is 0.364. The first kappa shape index (κ1) is 14.1. The molecule has 0 aromatic heterocycles. The van der Waals surface area contributed by atoms with Crippen LogP contribution < -0.4 is 4.74 Å². The Balaban J connectivity index is 2.79. The molecule has 17 heavy (non-hydrogen) atoms. The Labute approximate surface area is 111 Å². The first-order valence-corrected chi connectivity index (χ1v) is 5.91. The van der Waals surface area contributed by atoms with E-state index in [0.29, 0.717) is 12.0 Å². The molecule has 0 saturated carbocycles. The summed E-state index contributed by atoms with van der Waals surface area (Å²) >= 11 is 2.06. The van der Waals surface area contributed by atoms with E-state index in [1.54, 1.807) is 12.1 Å². The molecule has 0 radical (unpaired) electrons. The van der Waals surface area contributed by atoms with Gasteiger partial charge < -0.3 is 9.47 Å². The van der Waals surface area contributed by atoms with Gasteiger partial charge in [0.05, 0.1) is 7.11 Å². The molecule has 1 rings (SSSR count). The maximum Gasteiger partial charge on any atom is 0.387 e. The van der Waals surface area contributed by atoms with Gasteiger partial charge >= 0.3 is 12.6 Å². The molecule has 0 unspecified atom stereocenters. The minimum Gasteiger partial charge on any atom is -0.469 e. The van der Waals surface area contributed by atoms with Crippen molar-refractivity contribution in [3.63, 3.8) is 0 Å². The van der Waals surface area contributed by atoms with Crippen LogP contribution in [0.3, 0.4) is 0 Å². The zero-order valence-electron chi connectivity index (χ0n) is 9.08. The van der Waals surface area contributed by atoms with Crippen LogP contribution in [-0.2, 0) is 16.0 Å². The lowest BCUT2D eigenvalue weighted by atomic mass is 10.1. The van der Waals surface area contributed by atoms with Gasteiger partial charge in [-0.3, -0.25) is 4.79 Å². The van der Waals surface area contributed by atoms with Gasteiger partial charge in [0.25, 0.3) is 0 Å². The van der Waals surface area contributed by atoms with Crippen molar-refractivity contribution in [2.24, 2.45) is 0 Å². The van der Waals surface area contributed by atoms with E-state index < -0.39 is 6.61 Å². The van der Waals surface area contributed by atoms with Crippen LogP contribution in [-0.4, -0.2) is 19.7 Å². The highest BCUT2D eigenvalue weighted by molar-refractivity contribution is 14.1. The summed E-state index contributed by atoms with van der Waals surface area (Å²) in [5.41, 5.74) is 0.572. The van der Waals surface area contributed by atoms with Crippen LogP contribution in [0.2, 0.25) is 0 Å². The van der Waals surface area contributed by atoms with Crippen LogP contribution >= 0.6 is 22.6 Å². The number of alkyl halides is 2. The lowest BCUT2D eigenvalue weighted by Gasteiger charge is -2.10. The van der Waals surface area contributed by atoms with Crippen LogP contribution in [0.15, 0.2) is 18.2 Å². The van der Waals surface area contributed by atoms with Crippen molar-refractivity contribution >= 4 is 28.6 Å². The zero-order valence-corrected chi connectivity index (χ0v) is 11.2. The number of aryl methyl sites for hydroxylation is 1. The summed E-state index contributed by atoms with van der Waals surface area (Å²) in [4.78, 5) is 11.0. The molecule has 6 heteroatoms. The molecule has 3 nitrogen and oxygen atoms in total. The molecule has 1 aromatic rings. The Morgan fingerprint density at radius 1 is 1.47 bits per heavy atom. The Bertz CT molecular complexity index is 396. The first-order valence-electron chi connectivity index (χ1n) is 4.83. The maximum atomic E-state index is 12.2. The summed E-state index contributed by atoms with van der Waals surface area (Å²) in [6, 6.07) is 4.85. The summed E-state index contributed by atoms with van der Waals surface area (Å²) in [5, 5.41) is 0. The van der Waals surface area contributed by atoms with Crippen LogP contribution in [0.4, 0.5) is 8.78 Å². The molecule has 0 bridgehead atoms. The SMILES string of the molecule is COC(=O)CCc1cc(I)ccc1OC(F)F. The van der Waals surface area contributed by atoms with Gasteiger partial charge in [-0.1, -0.05) is 0 Å². The van der Waals surface area contributed by atoms with Crippen LogP contribution in [0.1, 0.15) is 12.0 Å². The van der Waals surface area contributed by atoms with E-state index in [4.69, 9.17) is 0 Å². The van der Waals surface area contributed by atoms with Crippen molar-refractivity contribution in [2.45, 2.75) is 19.5 Å². The maximum absolute atomic E-state index is 12.2. The summed E-state index contributed by atoms with van der Waals surface area (Å²) < 4.78 is 34.1. The van der Waals surface area contributed by atoms with Crippen molar-refractivity contribution < 1.29 is 23.0 Å². The predicted octanol–water partition coefficient (Wildman–Crippen LogP) is 3.00. The molecule has 0 N–H and O–H groups in total. The fourth-order valence-electron chi connectivity index (χ4n) is 1.29. The average molecular weight is 356 g/mol. The Kier molecular flexibility index (Phi) is 5.60. The quantitative estimate of drug-likeness (QED) is 0.601. The minimum atomic E-state index is -2.87. The molecule has 0 aliphatic rings. The van der Waals surface area contributed by atoms with Gasteiger partial charge in [-0.2, -0.15) is 8.78 Å². The smallest absolute Gasteiger partial charge is 0.387 e. The zero-order chi connectivity index (χ0) is 12.8. The summed E-state index contributed by atoms with van der Waals surface area (Å²) in [6.45, 7) is -2.87. The number of halogens is 3. The molecule has 1 aromatic carbocycles. The van der Waals surface area contributed by atoms with Gasteiger partial charge in [-0.05, 0) is 52.8 Å². The molecular weight excluding hydrogens is 345 g/mol. The summed E-state index contributed by atoms with van der Waals surface area (Å²) in [7, 11) is 1.29.